The summed E-state index contributed by atoms with van der Waals surface area (Å²) in [5.41, 5.74) is 16.7. The Morgan fingerprint density at radius 3 is 2.72 bits per heavy atom. The molecule has 3 aromatic heterocycles. The molecule has 1 amide bonds. The third-order valence-corrected chi connectivity index (χ3v) is 5.34. The molecule has 4 aromatic rings. The predicted molar refractivity (Wildman–Crippen MR) is 123 cm³/mol. The zero-order valence-corrected chi connectivity index (χ0v) is 17.9. The Bertz CT molecular complexity index is 1400. The SMILES string of the molecule is Cc1nc(N)nc(NC(C)c2nc3ccn(C)c3cc2-c2cccc(C(N)=O)c2)c1C#N. The first-order valence-corrected chi connectivity index (χ1v) is 9.95. The summed E-state index contributed by atoms with van der Waals surface area (Å²) in [4.78, 5) is 24.9. The van der Waals surface area contributed by atoms with Crippen molar-refractivity contribution in [2.24, 2.45) is 12.8 Å². The molecule has 0 spiro atoms. The smallest absolute Gasteiger partial charge is 0.248 e. The Morgan fingerprint density at radius 2 is 2.00 bits per heavy atom. The van der Waals surface area contributed by atoms with Crippen LogP contribution in [0.1, 0.15) is 40.3 Å². The van der Waals surface area contributed by atoms with Crippen LogP contribution < -0.4 is 16.8 Å². The number of aryl methyl sites for hydroxylation is 2. The van der Waals surface area contributed by atoms with Crippen molar-refractivity contribution in [3.63, 3.8) is 0 Å². The molecule has 0 aliphatic heterocycles. The summed E-state index contributed by atoms with van der Waals surface area (Å²) in [6.07, 6.45) is 1.94. The van der Waals surface area contributed by atoms with E-state index in [9.17, 15) is 10.1 Å². The third kappa shape index (κ3) is 3.70. The number of pyridine rings is 1. The van der Waals surface area contributed by atoms with E-state index < -0.39 is 5.91 Å². The van der Waals surface area contributed by atoms with Gasteiger partial charge in [0.05, 0.1) is 28.5 Å². The van der Waals surface area contributed by atoms with Gasteiger partial charge in [0, 0.05) is 24.4 Å². The molecule has 0 aliphatic carbocycles. The number of amides is 1. The summed E-state index contributed by atoms with van der Waals surface area (Å²) < 4.78 is 1.98. The maximum absolute atomic E-state index is 11.7. The molecule has 3 heterocycles. The lowest BCUT2D eigenvalue weighted by Crippen LogP contribution is -2.15. The van der Waals surface area contributed by atoms with E-state index in [1.165, 1.54) is 0 Å². The zero-order chi connectivity index (χ0) is 23.0. The van der Waals surface area contributed by atoms with Crippen LogP contribution in [0.25, 0.3) is 22.2 Å². The summed E-state index contributed by atoms with van der Waals surface area (Å²) in [6.45, 7) is 3.63. The number of nitrogens with zero attached hydrogens (tertiary/aromatic N) is 5. The van der Waals surface area contributed by atoms with Crippen molar-refractivity contribution in [3.05, 3.63) is 65.1 Å². The van der Waals surface area contributed by atoms with Crippen LogP contribution in [0.4, 0.5) is 11.8 Å². The third-order valence-electron chi connectivity index (χ3n) is 5.34. The molecular weight excluding hydrogens is 404 g/mol. The van der Waals surface area contributed by atoms with Gasteiger partial charge in [-0.25, -0.2) is 9.97 Å². The van der Waals surface area contributed by atoms with Gasteiger partial charge in [-0.2, -0.15) is 10.2 Å². The highest BCUT2D eigenvalue weighted by molar-refractivity contribution is 5.94. The van der Waals surface area contributed by atoms with E-state index in [-0.39, 0.29) is 12.0 Å². The summed E-state index contributed by atoms with van der Waals surface area (Å²) in [5, 5.41) is 12.8. The number of nitrogens with one attached hydrogen (secondary N) is 1. The molecular formula is C23H22N8O. The van der Waals surface area contributed by atoms with Crippen molar-refractivity contribution in [3.8, 4) is 17.2 Å². The van der Waals surface area contributed by atoms with Crippen LogP contribution in [-0.4, -0.2) is 25.4 Å². The second-order valence-electron chi connectivity index (χ2n) is 7.57. The number of fused-ring (bicyclic) bond motifs is 1. The second kappa shape index (κ2) is 8.00. The van der Waals surface area contributed by atoms with Crippen LogP contribution in [0.2, 0.25) is 0 Å². The number of anilines is 2. The van der Waals surface area contributed by atoms with Crippen LogP contribution in [-0.2, 0) is 7.05 Å². The van der Waals surface area contributed by atoms with E-state index in [1.54, 1.807) is 25.1 Å². The molecule has 9 nitrogen and oxygen atoms in total. The molecule has 0 aliphatic rings. The van der Waals surface area contributed by atoms with Gasteiger partial charge >= 0.3 is 0 Å². The predicted octanol–water partition coefficient (Wildman–Crippen LogP) is 3.06. The molecule has 0 saturated carbocycles. The molecule has 160 valence electrons. The normalized spacial score (nSPS) is 11.8. The quantitative estimate of drug-likeness (QED) is 0.444. The van der Waals surface area contributed by atoms with E-state index in [2.05, 4.69) is 21.4 Å². The number of nitrogen functional groups attached to an aromatic ring is 1. The maximum atomic E-state index is 11.7. The van der Waals surface area contributed by atoms with E-state index in [0.717, 1.165) is 27.9 Å². The van der Waals surface area contributed by atoms with Crippen molar-refractivity contribution in [1.29, 1.82) is 5.26 Å². The largest absolute Gasteiger partial charge is 0.368 e. The van der Waals surface area contributed by atoms with Crippen LogP contribution in [0.15, 0.2) is 42.6 Å². The van der Waals surface area contributed by atoms with Crippen molar-refractivity contribution in [1.82, 2.24) is 19.5 Å². The fourth-order valence-electron chi connectivity index (χ4n) is 3.71. The van der Waals surface area contributed by atoms with Gasteiger partial charge in [0.25, 0.3) is 0 Å². The molecule has 32 heavy (non-hydrogen) atoms. The lowest BCUT2D eigenvalue weighted by molar-refractivity contribution is 0.100. The number of benzene rings is 1. The van der Waals surface area contributed by atoms with Gasteiger partial charge in [-0.05, 0) is 43.7 Å². The number of rotatable bonds is 5. The summed E-state index contributed by atoms with van der Waals surface area (Å²) >= 11 is 0. The summed E-state index contributed by atoms with van der Waals surface area (Å²) in [6, 6.07) is 12.9. The highest BCUT2D eigenvalue weighted by Crippen LogP contribution is 2.33. The standard InChI is InChI=1S/C23H22N8O/c1-12-17(11-24)22(30-23(26)28-12)27-13(2)20-16(10-19-18(29-20)7-8-31(19)3)14-5-4-6-15(9-14)21(25)32/h4-10,13H,1-3H3,(H2,25,32)(H3,26,27,28,30). The topological polar surface area (TPSA) is 149 Å². The number of hydrogen-bond acceptors (Lipinski definition) is 7. The van der Waals surface area contributed by atoms with Gasteiger partial charge in [-0.3, -0.25) is 4.79 Å². The van der Waals surface area contributed by atoms with Gasteiger partial charge in [0.1, 0.15) is 17.5 Å². The van der Waals surface area contributed by atoms with Crippen molar-refractivity contribution >= 4 is 28.7 Å². The molecule has 9 heteroatoms. The molecule has 0 fully saturated rings. The molecule has 5 N–H and O–H groups in total. The van der Waals surface area contributed by atoms with E-state index in [1.807, 2.05) is 42.9 Å². The summed E-state index contributed by atoms with van der Waals surface area (Å²) in [7, 11) is 1.95. The number of nitriles is 1. The highest BCUT2D eigenvalue weighted by Gasteiger charge is 2.20. The van der Waals surface area contributed by atoms with Crippen LogP contribution in [0.5, 0.6) is 0 Å². The Balaban J connectivity index is 1.87. The first-order valence-electron chi connectivity index (χ1n) is 9.95. The van der Waals surface area contributed by atoms with E-state index in [4.69, 9.17) is 16.5 Å². The average molecular weight is 426 g/mol. The molecule has 1 atom stereocenters. The fourth-order valence-corrected chi connectivity index (χ4v) is 3.71. The Labute approximate surface area is 184 Å². The van der Waals surface area contributed by atoms with Crippen molar-refractivity contribution < 1.29 is 4.79 Å². The van der Waals surface area contributed by atoms with Crippen LogP contribution in [0.3, 0.4) is 0 Å². The first-order chi connectivity index (χ1) is 15.3. The number of primary amides is 1. The number of carbonyl (C=O) groups is 1. The summed E-state index contributed by atoms with van der Waals surface area (Å²) in [5.74, 6) is -0.0769. The minimum Gasteiger partial charge on any atom is -0.368 e. The lowest BCUT2D eigenvalue weighted by Gasteiger charge is -2.20. The van der Waals surface area contributed by atoms with Crippen molar-refractivity contribution in [2.75, 3.05) is 11.1 Å². The number of aromatic nitrogens is 4. The second-order valence-corrected chi connectivity index (χ2v) is 7.57. The maximum Gasteiger partial charge on any atom is 0.248 e. The van der Waals surface area contributed by atoms with E-state index >= 15 is 0 Å². The average Bonchev–Trinajstić information content (AvgIpc) is 3.12. The van der Waals surface area contributed by atoms with Gasteiger partial charge in [0.15, 0.2) is 0 Å². The lowest BCUT2D eigenvalue weighted by atomic mass is 9.97. The van der Waals surface area contributed by atoms with E-state index in [0.29, 0.717) is 22.6 Å². The molecule has 0 saturated heterocycles. The first kappa shape index (κ1) is 20.8. The monoisotopic (exact) mass is 426 g/mol. The highest BCUT2D eigenvalue weighted by atomic mass is 16.1. The molecule has 4 rings (SSSR count). The zero-order valence-electron chi connectivity index (χ0n) is 17.9. The fraction of sp³-hybridized carbons (Fsp3) is 0.174. The number of carbonyl (C=O) groups excluding carboxylic acids is 1. The van der Waals surface area contributed by atoms with Gasteiger partial charge < -0.3 is 21.4 Å². The van der Waals surface area contributed by atoms with Crippen LogP contribution in [0, 0.1) is 18.3 Å². The minimum atomic E-state index is -0.502. The van der Waals surface area contributed by atoms with Crippen LogP contribution >= 0.6 is 0 Å². The van der Waals surface area contributed by atoms with Gasteiger partial charge in [-0.1, -0.05) is 12.1 Å². The minimum absolute atomic E-state index is 0.0806. The molecule has 1 aromatic carbocycles. The number of hydrogen-bond donors (Lipinski definition) is 3. The Kier molecular flexibility index (Phi) is 5.20. The van der Waals surface area contributed by atoms with Gasteiger partial charge in [-0.15, -0.1) is 0 Å². The molecule has 0 bridgehead atoms. The Hall–Kier alpha value is -4.45. The molecule has 0 radical (unpaired) electrons. The number of nitrogens with two attached hydrogens (primary N) is 2. The molecule has 1 unspecified atom stereocenters. The Morgan fingerprint density at radius 1 is 1.22 bits per heavy atom. The van der Waals surface area contributed by atoms with Gasteiger partial charge in [0.2, 0.25) is 11.9 Å². The van der Waals surface area contributed by atoms with Crippen molar-refractivity contribution in [2.45, 2.75) is 19.9 Å².